The van der Waals surface area contributed by atoms with Crippen molar-refractivity contribution in [3.05, 3.63) is 82.9 Å². The number of fused-ring (bicyclic) bond motifs is 1. The highest BCUT2D eigenvalue weighted by Crippen LogP contribution is 2.35. The second-order valence-corrected chi connectivity index (χ2v) is 8.57. The van der Waals surface area contributed by atoms with Crippen LogP contribution in [0.15, 0.2) is 66.9 Å². The molecular formula is C25H21F3N2O3S. The van der Waals surface area contributed by atoms with Gasteiger partial charge < -0.3 is 14.8 Å². The fourth-order valence-corrected chi connectivity index (χ4v) is 4.49. The minimum atomic E-state index is -4.42. The number of aromatic nitrogens is 1. The molecule has 2 aromatic carbocycles. The summed E-state index contributed by atoms with van der Waals surface area (Å²) in [4.78, 5) is 17.7. The quantitative estimate of drug-likeness (QED) is 0.313. The molecular weight excluding hydrogens is 465 g/mol. The zero-order valence-electron chi connectivity index (χ0n) is 18.2. The fourth-order valence-electron chi connectivity index (χ4n) is 3.39. The van der Waals surface area contributed by atoms with Crippen molar-refractivity contribution in [1.29, 1.82) is 0 Å². The smallest absolute Gasteiger partial charge is 0.416 e. The SMILES string of the molecule is COCCNC(=O)c1ccnc(-c2cccc3cc(COc4cccc(C(F)(F)F)c4)sc23)c1. The van der Waals surface area contributed by atoms with Crippen molar-refractivity contribution in [2.45, 2.75) is 12.8 Å². The number of ether oxygens (including phenoxy) is 2. The highest BCUT2D eigenvalue weighted by atomic mass is 32.1. The van der Waals surface area contributed by atoms with Gasteiger partial charge >= 0.3 is 6.18 Å². The molecule has 2 aromatic heterocycles. The molecule has 176 valence electrons. The van der Waals surface area contributed by atoms with Crippen molar-refractivity contribution in [2.24, 2.45) is 0 Å². The van der Waals surface area contributed by atoms with Crippen molar-refractivity contribution in [3.8, 4) is 17.0 Å². The molecule has 4 aromatic rings. The maximum Gasteiger partial charge on any atom is 0.416 e. The summed E-state index contributed by atoms with van der Waals surface area (Å²) in [7, 11) is 1.57. The van der Waals surface area contributed by atoms with Crippen LogP contribution in [0.5, 0.6) is 5.75 Å². The van der Waals surface area contributed by atoms with Gasteiger partial charge in [0.15, 0.2) is 0 Å². The van der Waals surface area contributed by atoms with Crippen LogP contribution in [0.1, 0.15) is 20.8 Å². The lowest BCUT2D eigenvalue weighted by Crippen LogP contribution is -2.26. The number of hydrogen-bond donors (Lipinski definition) is 1. The van der Waals surface area contributed by atoms with Crippen LogP contribution in [0, 0.1) is 0 Å². The van der Waals surface area contributed by atoms with Gasteiger partial charge in [-0.25, -0.2) is 0 Å². The number of nitrogens with zero attached hydrogens (tertiary/aromatic N) is 1. The Morgan fingerprint density at radius 2 is 1.91 bits per heavy atom. The zero-order valence-corrected chi connectivity index (χ0v) is 19.0. The predicted molar refractivity (Wildman–Crippen MR) is 125 cm³/mol. The number of carbonyl (C=O) groups is 1. The summed E-state index contributed by atoms with van der Waals surface area (Å²) in [6, 6.07) is 15.9. The van der Waals surface area contributed by atoms with Crippen LogP contribution < -0.4 is 10.1 Å². The first kappa shape index (κ1) is 23.7. The van der Waals surface area contributed by atoms with Gasteiger partial charge in [0.2, 0.25) is 0 Å². The lowest BCUT2D eigenvalue weighted by Gasteiger charge is -2.09. The van der Waals surface area contributed by atoms with Gasteiger partial charge in [-0.3, -0.25) is 9.78 Å². The monoisotopic (exact) mass is 486 g/mol. The Bertz CT molecular complexity index is 1300. The number of hydrogen-bond acceptors (Lipinski definition) is 5. The largest absolute Gasteiger partial charge is 0.488 e. The molecule has 0 fully saturated rings. The molecule has 0 aliphatic rings. The van der Waals surface area contributed by atoms with E-state index < -0.39 is 11.7 Å². The summed E-state index contributed by atoms with van der Waals surface area (Å²) in [5.41, 5.74) is 1.25. The first-order valence-electron chi connectivity index (χ1n) is 10.4. The van der Waals surface area contributed by atoms with E-state index in [1.807, 2.05) is 24.3 Å². The third-order valence-electron chi connectivity index (χ3n) is 5.03. The van der Waals surface area contributed by atoms with E-state index in [4.69, 9.17) is 9.47 Å². The lowest BCUT2D eigenvalue weighted by molar-refractivity contribution is -0.137. The van der Waals surface area contributed by atoms with Crippen LogP contribution in [0.3, 0.4) is 0 Å². The molecule has 0 radical (unpaired) electrons. The number of carbonyl (C=O) groups excluding carboxylic acids is 1. The Morgan fingerprint density at radius 3 is 2.71 bits per heavy atom. The molecule has 9 heteroatoms. The maximum absolute atomic E-state index is 12.9. The molecule has 5 nitrogen and oxygen atoms in total. The Labute approximate surface area is 198 Å². The molecule has 1 amide bonds. The second kappa shape index (κ2) is 10.2. The molecule has 0 unspecified atom stereocenters. The molecule has 2 heterocycles. The van der Waals surface area contributed by atoms with E-state index in [1.54, 1.807) is 25.4 Å². The fraction of sp³-hybridized carbons (Fsp3) is 0.200. The summed E-state index contributed by atoms with van der Waals surface area (Å²) in [6.45, 7) is 0.960. The molecule has 4 rings (SSSR count). The van der Waals surface area contributed by atoms with E-state index in [1.165, 1.54) is 23.5 Å². The standard InChI is InChI=1S/C25H21F3N2O3S/c1-32-11-10-30-24(31)17-8-9-29-22(13-17)21-7-2-4-16-12-20(34-23(16)21)15-33-19-6-3-5-18(14-19)25(26,27)28/h2-9,12-14H,10-11,15H2,1H3,(H,30,31). The van der Waals surface area contributed by atoms with E-state index in [-0.39, 0.29) is 18.3 Å². The van der Waals surface area contributed by atoms with Gasteiger partial charge in [-0.15, -0.1) is 11.3 Å². The minimum absolute atomic E-state index is 0.134. The number of pyridine rings is 1. The van der Waals surface area contributed by atoms with E-state index in [2.05, 4.69) is 10.3 Å². The van der Waals surface area contributed by atoms with Crippen LogP contribution >= 0.6 is 11.3 Å². The van der Waals surface area contributed by atoms with Gasteiger partial charge in [-0.2, -0.15) is 13.2 Å². The van der Waals surface area contributed by atoms with Crippen molar-refractivity contribution < 1.29 is 27.4 Å². The zero-order chi connectivity index (χ0) is 24.1. The molecule has 0 saturated carbocycles. The van der Waals surface area contributed by atoms with Crippen molar-refractivity contribution in [1.82, 2.24) is 10.3 Å². The molecule has 0 atom stereocenters. The highest BCUT2D eigenvalue weighted by molar-refractivity contribution is 7.19. The van der Waals surface area contributed by atoms with Gasteiger partial charge in [-0.05, 0) is 41.8 Å². The van der Waals surface area contributed by atoms with Crippen molar-refractivity contribution in [3.63, 3.8) is 0 Å². The summed E-state index contributed by atoms with van der Waals surface area (Å²) in [6.07, 6.45) is -2.83. The Balaban J connectivity index is 1.55. The van der Waals surface area contributed by atoms with Crippen molar-refractivity contribution >= 4 is 27.3 Å². The number of alkyl halides is 3. The van der Waals surface area contributed by atoms with Crippen LogP contribution in [0.25, 0.3) is 21.3 Å². The highest BCUT2D eigenvalue weighted by Gasteiger charge is 2.30. The number of halogens is 3. The van der Waals surface area contributed by atoms with Gasteiger partial charge in [0.1, 0.15) is 12.4 Å². The van der Waals surface area contributed by atoms with Gasteiger partial charge in [0, 0.05) is 40.6 Å². The molecule has 0 saturated heterocycles. The summed E-state index contributed by atoms with van der Waals surface area (Å²) in [5, 5.41) is 3.75. The molecule has 0 aliphatic heterocycles. The van der Waals surface area contributed by atoms with Gasteiger partial charge in [0.05, 0.1) is 17.9 Å². The molecule has 0 spiro atoms. The predicted octanol–water partition coefficient (Wildman–Crippen LogP) is 5.94. The molecule has 0 bridgehead atoms. The Hall–Kier alpha value is -3.43. The van der Waals surface area contributed by atoms with Crippen molar-refractivity contribution in [2.75, 3.05) is 20.3 Å². The topological polar surface area (TPSA) is 60.5 Å². The first-order valence-corrected chi connectivity index (χ1v) is 11.2. The number of benzene rings is 2. The second-order valence-electron chi connectivity index (χ2n) is 7.43. The maximum atomic E-state index is 12.9. The van der Waals surface area contributed by atoms with Crippen LogP contribution in [0.4, 0.5) is 13.2 Å². The lowest BCUT2D eigenvalue weighted by atomic mass is 10.1. The third kappa shape index (κ3) is 5.55. The number of amides is 1. The molecule has 34 heavy (non-hydrogen) atoms. The summed E-state index contributed by atoms with van der Waals surface area (Å²) < 4.78 is 50.4. The van der Waals surface area contributed by atoms with E-state index in [9.17, 15) is 18.0 Å². The minimum Gasteiger partial charge on any atom is -0.488 e. The molecule has 1 N–H and O–H groups in total. The third-order valence-corrected chi connectivity index (χ3v) is 6.19. The Morgan fingerprint density at radius 1 is 1.09 bits per heavy atom. The van der Waals surface area contributed by atoms with E-state index >= 15 is 0 Å². The van der Waals surface area contributed by atoms with E-state index in [0.29, 0.717) is 24.4 Å². The average Bonchev–Trinajstić information content (AvgIpc) is 3.26. The number of methoxy groups -OCH3 is 1. The van der Waals surface area contributed by atoms with Crippen LogP contribution in [-0.4, -0.2) is 31.2 Å². The number of rotatable bonds is 8. The first-order chi connectivity index (χ1) is 16.3. The normalized spacial score (nSPS) is 11.5. The van der Waals surface area contributed by atoms with Gasteiger partial charge in [-0.1, -0.05) is 24.3 Å². The van der Waals surface area contributed by atoms with Crippen LogP contribution in [0.2, 0.25) is 0 Å². The van der Waals surface area contributed by atoms with Gasteiger partial charge in [0.25, 0.3) is 5.91 Å². The summed E-state index contributed by atoms with van der Waals surface area (Å²) in [5.74, 6) is -0.0596. The molecule has 0 aliphatic carbocycles. The number of nitrogens with one attached hydrogen (secondary N) is 1. The van der Waals surface area contributed by atoms with E-state index in [0.717, 1.165) is 32.7 Å². The average molecular weight is 487 g/mol. The number of thiophene rings is 1. The summed E-state index contributed by atoms with van der Waals surface area (Å²) >= 11 is 1.47. The Kier molecular flexibility index (Phi) is 7.14. The van der Waals surface area contributed by atoms with Crippen LogP contribution in [-0.2, 0) is 17.5 Å².